The quantitative estimate of drug-likeness (QED) is 0.638. The molecule has 0 heterocycles. The minimum absolute atomic E-state index is 0.0926. The summed E-state index contributed by atoms with van der Waals surface area (Å²) in [7, 11) is 3.45. The summed E-state index contributed by atoms with van der Waals surface area (Å²) < 4.78 is 0. The highest BCUT2D eigenvalue weighted by molar-refractivity contribution is 9.93. The fraction of sp³-hybridized carbons (Fsp3) is 0.750. The van der Waals surface area contributed by atoms with E-state index in [0.717, 1.165) is 0 Å². The van der Waals surface area contributed by atoms with Crippen LogP contribution in [0.1, 0.15) is 6.92 Å². The third-order valence-electron chi connectivity index (χ3n) is 0.630. The molecule has 0 aromatic carbocycles. The summed E-state index contributed by atoms with van der Waals surface area (Å²) >= 11 is 5.50. The predicted octanol–water partition coefficient (Wildman–Crippen LogP) is 1.79. The first kappa shape index (κ1) is 11.3. The third-order valence-corrected chi connectivity index (χ3v) is 0.630. The average molecular weight is 247 g/mol. The summed E-state index contributed by atoms with van der Waals surface area (Å²) in [4.78, 5) is 11.6. The zero-order valence-electron chi connectivity index (χ0n) is 5.11. The van der Waals surface area contributed by atoms with E-state index in [1.165, 1.54) is 11.8 Å². The summed E-state index contributed by atoms with van der Waals surface area (Å²) in [6, 6.07) is 0. The normalized spacial score (nSPS) is 6.62. The Morgan fingerprint density at radius 2 is 1.50 bits per heavy atom. The molecular formula is C4H9Br2NO. The Bertz CT molecular complexity index is 65.1. The van der Waals surface area contributed by atoms with Gasteiger partial charge in [-0.05, 0) is 0 Å². The Balaban J connectivity index is 0. The molecule has 0 saturated heterocycles. The number of hydrogen-bond acceptors (Lipinski definition) is 1. The molecule has 0 unspecified atom stereocenters. The van der Waals surface area contributed by atoms with Crippen LogP contribution in [-0.4, -0.2) is 24.9 Å². The van der Waals surface area contributed by atoms with Crippen LogP contribution in [0.4, 0.5) is 0 Å². The lowest BCUT2D eigenvalue weighted by Gasteiger charge is -2.02. The first-order valence-electron chi connectivity index (χ1n) is 1.97. The molecule has 50 valence electrons. The van der Waals surface area contributed by atoms with Crippen molar-refractivity contribution in [3.63, 3.8) is 0 Å². The molecule has 1 amide bonds. The number of carbonyl (C=O) groups excluding carboxylic acids is 1. The van der Waals surface area contributed by atoms with Gasteiger partial charge in [-0.1, -0.05) is 0 Å². The number of nitrogens with zero attached hydrogens (tertiary/aromatic N) is 1. The van der Waals surface area contributed by atoms with Crippen molar-refractivity contribution in [1.29, 1.82) is 0 Å². The van der Waals surface area contributed by atoms with E-state index in [1.54, 1.807) is 14.1 Å². The molecule has 2 nitrogen and oxygen atoms in total. The second-order valence-corrected chi connectivity index (χ2v) is 1.41. The van der Waals surface area contributed by atoms with Gasteiger partial charge in [0, 0.05) is 49.3 Å². The molecule has 0 aromatic heterocycles. The van der Waals surface area contributed by atoms with E-state index in [0.29, 0.717) is 0 Å². The second kappa shape index (κ2) is 7.43. The minimum atomic E-state index is 0.0926. The molecule has 8 heavy (non-hydrogen) atoms. The SMILES string of the molecule is BrBr.CC(=O)N(C)C. The van der Waals surface area contributed by atoms with Crippen molar-refractivity contribution >= 4 is 34.2 Å². The van der Waals surface area contributed by atoms with Crippen LogP contribution in [0.2, 0.25) is 0 Å². The van der Waals surface area contributed by atoms with Crippen molar-refractivity contribution in [3.05, 3.63) is 0 Å². The Morgan fingerprint density at radius 1 is 1.38 bits per heavy atom. The lowest BCUT2D eigenvalue weighted by atomic mass is 10.7. The number of amides is 1. The molecule has 0 N–H and O–H groups in total. The smallest absolute Gasteiger partial charge is 0.218 e. The van der Waals surface area contributed by atoms with E-state index in [2.05, 4.69) is 28.3 Å². The van der Waals surface area contributed by atoms with Crippen molar-refractivity contribution in [3.8, 4) is 0 Å². The third kappa shape index (κ3) is 9.66. The molecule has 0 aliphatic rings. The van der Waals surface area contributed by atoms with Gasteiger partial charge in [-0.2, -0.15) is 0 Å². The predicted molar refractivity (Wildman–Crippen MR) is 42.2 cm³/mol. The largest absolute Gasteiger partial charge is 0.349 e. The molecule has 0 atom stereocenters. The highest BCUT2D eigenvalue weighted by Gasteiger charge is 1.87. The summed E-state index contributed by atoms with van der Waals surface area (Å²) in [5.74, 6) is 0.0926. The highest BCUT2D eigenvalue weighted by Crippen LogP contribution is 1.85. The second-order valence-electron chi connectivity index (χ2n) is 1.41. The van der Waals surface area contributed by atoms with Crippen LogP contribution in [0.5, 0.6) is 0 Å². The van der Waals surface area contributed by atoms with E-state index in [1.807, 2.05) is 0 Å². The van der Waals surface area contributed by atoms with E-state index in [9.17, 15) is 4.79 Å². The minimum Gasteiger partial charge on any atom is -0.349 e. The first-order valence-corrected chi connectivity index (χ1v) is 5.68. The maximum atomic E-state index is 10.1. The van der Waals surface area contributed by atoms with Gasteiger partial charge >= 0.3 is 0 Å². The van der Waals surface area contributed by atoms with Crippen LogP contribution < -0.4 is 0 Å². The summed E-state index contributed by atoms with van der Waals surface area (Å²) in [6.45, 7) is 1.53. The molecule has 0 radical (unpaired) electrons. The molecular weight excluding hydrogens is 238 g/mol. The van der Waals surface area contributed by atoms with E-state index < -0.39 is 0 Å². The highest BCUT2D eigenvalue weighted by atomic mass is 80.9. The molecule has 0 fully saturated rings. The van der Waals surface area contributed by atoms with Gasteiger partial charge in [0.1, 0.15) is 0 Å². The fourth-order valence-electron chi connectivity index (χ4n) is 0. The van der Waals surface area contributed by atoms with Gasteiger partial charge < -0.3 is 4.90 Å². The van der Waals surface area contributed by atoms with Crippen LogP contribution in [0, 0.1) is 0 Å². The van der Waals surface area contributed by atoms with Crippen molar-refractivity contribution in [2.45, 2.75) is 6.92 Å². The number of rotatable bonds is 0. The fourth-order valence-corrected chi connectivity index (χ4v) is 0. The zero-order chi connectivity index (χ0) is 7.15. The zero-order valence-corrected chi connectivity index (χ0v) is 8.28. The summed E-state index contributed by atoms with van der Waals surface area (Å²) in [5.41, 5.74) is 0. The van der Waals surface area contributed by atoms with Gasteiger partial charge in [0.2, 0.25) is 5.91 Å². The van der Waals surface area contributed by atoms with Gasteiger partial charge in [-0.3, -0.25) is 4.79 Å². The number of hydrogen-bond donors (Lipinski definition) is 0. The molecule has 0 aromatic rings. The molecule has 0 spiro atoms. The Kier molecular flexibility index (Phi) is 10.5. The Labute approximate surface area is 65.1 Å². The number of halogens is 2. The van der Waals surface area contributed by atoms with Crippen LogP contribution in [0.15, 0.2) is 0 Å². The van der Waals surface area contributed by atoms with Gasteiger partial charge in [0.15, 0.2) is 0 Å². The monoisotopic (exact) mass is 245 g/mol. The van der Waals surface area contributed by atoms with Gasteiger partial charge in [0.25, 0.3) is 0 Å². The lowest BCUT2D eigenvalue weighted by molar-refractivity contribution is -0.126. The molecule has 0 rings (SSSR count). The molecule has 0 saturated carbocycles. The summed E-state index contributed by atoms with van der Waals surface area (Å²) in [5, 5.41) is 0. The van der Waals surface area contributed by atoms with Crippen LogP contribution in [0.3, 0.4) is 0 Å². The number of carbonyl (C=O) groups is 1. The maximum absolute atomic E-state index is 10.1. The standard InChI is InChI=1S/C4H9NO.Br2/c1-4(6)5(2)3;1-2/h1-3H3;. The van der Waals surface area contributed by atoms with Crippen LogP contribution in [-0.2, 0) is 4.79 Å². The van der Waals surface area contributed by atoms with Crippen LogP contribution in [0.25, 0.3) is 0 Å². The van der Waals surface area contributed by atoms with Crippen molar-refractivity contribution in [2.24, 2.45) is 0 Å². The van der Waals surface area contributed by atoms with Crippen molar-refractivity contribution in [2.75, 3.05) is 14.1 Å². The van der Waals surface area contributed by atoms with E-state index in [4.69, 9.17) is 0 Å². The van der Waals surface area contributed by atoms with E-state index in [-0.39, 0.29) is 5.91 Å². The molecule has 4 heteroatoms. The lowest BCUT2D eigenvalue weighted by Crippen LogP contribution is -2.17. The Morgan fingerprint density at radius 3 is 1.50 bits per heavy atom. The van der Waals surface area contributed by atoms with Gasteiger partial charge in [-0.25, -0.2) is 0 Å². The van der Waals surface area contributed by atoms with Gasteiger partial charge in [0.05, 0.1) is 0 Å². The molecule has 0 bridgehead atoms. The molecule has 0 aliphatic carbocycles. The Hall–Kier alpha value is 0.430. The summed E-state index contributed by atoms with van der Waals surface area (Å²) in [6.07, 6.45) is 0. The van der Waals surface area contributed by atoms with Crippen molar-refractivity contribution in [1.82, 2.24) is 4.90 Å². The first-order chi connectivity index (χ1) is 3.64. The van der Waals surface area contributed by atoms with Crippen molar-refractivity contribution < 1.29 is 4.79 Å². The molecule has 0 aliphatic heterocycles. The van der Waals surface area contributed by atoms with Crippen LogP contribution >= 0.6 is 28.3 Å². The topological polar surface area (TPSA) is 20.3 Å². The van der Waals surface area contributed by atoms with Gasteiger partial charge in [-0.15, -0.1) is 0 Å². The maximum Gasteiger partial charge on any atom is 0.218 e. The van der Waals surface area contributed by atoms with E-state index >= 15 is 0 Å². The average Bonchev–Trinajstić information content (AvgIpc) is 1.72.